The van der Waals surface area contributed by atoms with Crippen LogP contribution >= 0.6 is 0 Å². The zero-order valence-corrected chi connectivity index (χ0v) is 10.0. The van der Waals surface area contributed by atoms with Crippen LogP contribution in [0.3, 0.4) is 0 Å². The predicted molar refractivity (Wildman–Crippen MR) is 60.4 cm³/mol. The van der Waals surface area contributed by atoms with E-state index >= 15 is 0 Å². The monoisotopic (exact) mass is 196 g/mol. The van der Waals surface area contributed by atoms with Crippen molar-refractivity contribution in [3.05, 3.63) is 0 Å². The van der Waals surface area contributed by atoms with Gasteiger partial charge in [0.2, 0.25) is 0 Å². The molecule has 0 spiro atoms. The highest BCUT2D eigenvalue weighted by atomic mass is 15.3. The third-order valence-corrected chi connectivity index (χ3v) is 4.20. The fourth-order valence-corrected chi connectivity index (χ4v) is 2.57. The van der Waals surface area contributed by atoms with E-state index in [-0.39, 0.29) is 0 Å². The highest BCUT2D eigenvalue weighted by Gasteiger charge is 2.44. The summed E-state index contributed by atoms with van der Waals surface area (Å²) in [5.41, 5.74) is 0.356. The molecule has 4 unspecified atom stereocenters. The fraction of sp³-hybridized carbons (Fsp3) is 1.00. The molecule has 1 saturated carbocycles. The van der Waals surface area contributed by atoms with E-state index in [1.54, 1.807) is 0 Å². The van der Waals surface area contributed by atoms with Gasteiger partial charge in [-0.3, -0.25) is 4.90 Å². The van der Waals surface area contributed by atoms with Gasteiger partial charge in [-0.05, 0) is 32.6 Å². The topological polar surface area (TPSA) is 15.3 Å². The van der Waals surface area contributed by atoms with Crippen LogP contribution in [-0.4, -0.2) is 35.6 Å². The third kappa shape index (κ3) is 1.82. The summed E-state index contributed by atoms with van der Waals surface area (Å²) < 4.78 is 0. The molecule has 1 heterocycles. The molecule has 0 aromatic carbocycles. The first-order valence-corrected chi connectivity index (χ1v) is 6.06. The van der Waals surface area contributed by atoms with Crippen molar-refractivity contribution in [2.45, 2.75) is 58.2 Å². The first kappa shape index (κ1) is 10.4. The summed E-state index contributed by atoms with van der Waals surface area (Å²) >= 11 is 0. The van der Waals surface area contributed by atoms with E-state index in [0.29, 0.717) is 5.54 Å². The molecule has 0 radical (unpaired) electrons. The van der Waals surface area contributed by atoms with Gasteiger partial charge in [-0.25, -0.2) is 0 Å². The van der Waals surface area contributed by atoms with Crippen molar-refractivity contribution in [1.29, 1.82) is 0 Å². The fourth-order valence-electron chi connectivity index (χ4n) is 2.57. The van der Waals surface area contributed by atoms with E-state index in [9.17, 15) is 0 Å². The first-order valence-electron chi connectivity index (χ1n) is 6.06. The predicted octanol–water partition coefficient (Wildman–Crippen LogP) is 1.86. The van der Waals surface area contributed by atoms with E-state index in [0.717, 1.165) is 24.5 Å². The van der Waals surface area contributed by atoms with Crippen molar-refractivity contribution in [3.63, 3.8) is 0 Å². The summed E-state index contributed by atoms with van der Waals surface area (Å²) in [5.74, 6) is 0.941. The van der Waals surface area contributed by atoms with Crippen LogP contribution in [0.1, 0.15) is 40.5 Å². The van der Waals surface area contributed by atoms with Crippen LogP contribution in [-0.2, 0) is 0 Å². The lowest BCUT2D eigenvalue weighted by atomic mass is 9.93. The second-order valence-electron chi connectivity index (χ2n) is 5.60. The number of hydrogen-bond acceptors (Lipinski definition) is 2. The molecule has 0 bridgehead atoms. The lowest BCUT2D eigenvalue weighted by molar-refractivity contribution is 0.0821. The van der Waals surface area contributed by atoms with Crippen molar-refractivity contribution in [2.75, 3.05) is 13.1 Å². The molecular weight excluding hydrogens is 172 g/mol. The van der Waals surface area contributed by atoms with Gasteiger partial charge in [-0.1, -0.05) is 13.8 Å². The zero-order chi connectivity index (χ0) is 10.3. The average Bonchev–Trinajstić information content (AvgIpc) is 2.88. The Kier molecular flexibility index (Phi) is 2.61. The minimum absolute atomic E-state index is 0.356. The summed E-state index contributed by atoms with van der Waals surface area (Å²) in [7, 11) is 0. The van der Waals surface area contributed by atoms with E-state index in [4.69, 9.17) is 0 Å². The standard InChI is InChI=1S/C12H24N2/c1-5-12(4)8-14(10(3)7-13-12)11-6-9(11)2/h9-11,13H,5-8H2,1-4H3. The summed E-state index contributed by atoms with van der Waals surface area (Å²) in [5, 5.41) is 3.68. The highest BCUT2D eigenvalue weighted by Crippen LogP contribution is 2.38. The molecule has 2 aliphatic rings. The summed E-state index contributed by atoms with van der Waals surface area (Å²) in [6, 6.07) is 1.61. The lowest BCUT2D eigenvalue weighted by Gasteiger charge is -2.45. The van der Waals surface area contributed by atoms with Gasteiger partial charge in [0.15, 0.2) is 0 Å². The van der Waals surface area contributed by atoms with E-state index in [2.05, 4.69) is 37.9 Å². The number of nitrogens with one attached hydrogen (secondary N) is 1. The van der Waals surface area contributed by atoms with Crippen LogP contribution in [0.4, 0.5) is 0 Å². The third-order valence-electron chi connectivity index (χ3n) is 4.20. The number of hydrogen-bond donors (Lipinski definition) is 1. The highest BCUT2D eigenvalue weighted by molar-refractivity contribution is 5.01. The lowest BCUT2D eigenvalue weighted by Crippen LogP contribution is -2.62. The molecule has 2 heteroatoms. The van der Waals surface area contributed by atoms with Gasteiger partial charge in [0, 0.05) is 30.7 Å². The van der Waals surface area contributed by atoms with E-state index in [1.165, 1.54) is 19.4 Å². The molecule has 82 valence electrons. The minimum atomic E-state index is 0.356. The average molecular weight is 196 g/mol. The first-order chi connectivity index (χ1) is 6.56. The van der Waals surface area contributed by atoms with Gasteiger partial charge >= 0.3 is 0 Å². The molecule has 1 aliphatic heterocycles. The molecular formula is C12H24N2. The summed E-state index contributed by atoms with van der Waals surface area (Å²) in [6.07, 6.45) is 2.65. The molecule has 0 aromatic rings. The summed E-state index contributed by atoms with van der Waals surface area (Å²) in [6.45, 7) is 11.8. The second kappa shape index (κ2) is 3.49. The molecule has 0 aromatic heterocycles. The maximum atomic E-state index is 3.68. The zero-order valence-electron chi connectivity index (χ0n) is 10.0. The van der Waals surface area contributed by atoms with Gasteiger partial charge in [-0.15, -0.1) is 0 Å². The van der Waals surface area contributed by atoms with Crippen LogP contribution in [0.25, 0.3) is 0 Å². The SMILES string of the molecule is CCC1(C)CN(C2CC2C)C(C)CN1. The van der Waals surface area contributed by atoms with Crippen LogP contribution < -0.4 is 5.32 Å². The normalized spacial score (nSPS) is 49.3. The largest absolute Gasteiger partial charge is 0.309 e. The Labute approximate surface area is 88.1 Å². The number of rotatable bonds is 2. The molecule has 14 heavy (non-hydrogen) atoms. The Bertz CT molecular complexity index is 214. The van der Waals surface area contributed by atoms with Crippen molar-refractivity contribution in [3.8, 4) is 0 Å². The molecule has 2 fully saturated rings. The van der Waals surface area contributed by atoms with E-state index < -0.39 is 0 Å². The van der Waals surface area contributed by atoms with Crippen LogP contribution in [0.15, 0.2) is 0 Å². The van der Waals surface area contributed by atoms with Crippen molar-refractivity contribution in [1.82, 2.24) is 10.2 Å². The minimum Gasteiger partial charge on any atom is -0.309 e. The molecule has 4 atom stereocenters. The maximum absolute atomic E-state index is 3.68. The van der Waals surface area contributed by atoms with Gasteiger partial charge < -0.3 is 5.32 Å². The van der Waals surface area contributed by atoms with Crippen LogP contribution in [0.5, 0.6) is 0 Å². The van der Waals surface area contributed by atoms with Crippen molar-refractivity contribution in [2.24, 2.45) is 5.92 Å². The Morgan fingerprint density at radius 3 is 2.57 bits per heavy atom. The molecule has 2 rings (SSSR count). The molecule has 1 N–H and O–H groups in total. The molecule has 1 saturated heterocycles. The van der Waals surface area contributed by atoms with Crippen molar-refractivity contribution < 1.29 is 0 Å². The maximum Gasteiger partial charge on any atom is 0.0278 e. The van der Waals surface area contributed by atoms with Gasteiger partial charge in [0.25, 0.3) is 0 Å². The Morgan fingerprint density at radius 1 is 1.43 bits per heavy atom. The molecule has 0 amide bonds. The van der Waals surface area contributed by atoms with Gasteiger partial charge in [-0.2, -0.15) is 0 Å². The Hall–Kier alpha value is -0.0800. The van der Waals surface area contributed by atoms with Gasteiger partial charge in [0.1, 0.15) is 0 Å². The molecule has 1 aliphatic carbocycles. The second-order valence-corrected chi connectivity index (χ2v) is 5.60. The Morgan fingerprint density at radius 2 is 2.07 bits per heavy atom. The van der Waals surface area contributed by atoms with Crippen molar-refractivity contribution >= 4 is 0 Å². The smallest absolute Gasteiger partial charge is 0.0278 e. The quantitative estimate of drug-likeness (QED) is 0.725. The number of nitrogens with zero attached hydrogens (tertiary/aromatic N) is 1. The Balaban J connectivity index is 2.00. The summed E-state index contributed by atoms with van der Waals surface area (Å²) in [4.78, 5) is 2.73. The van der Waals surface area contributed by atoms with Crippen LogP contribution in [0.2, 0.25) is 0 Å². The molecule has 2 nitrogen and oxygen atoms in total. The number of piperazine rings is 1. The van der Waals surface area contributed by atoms with Crippen LogP contribution in [0, 0.1) is 5.92 Å². The van der Waals surface area contributed by atoms with E-state index in [1.807, 2.05) is 0 Å². The van der Waals surface area contributed by atoms with Gasteiger partial charge in [0.05, 0.1) is 0 Å².